The van der Waals surface area contributed by atoms with E-state index in [-0.39, 0.29) is 0 Å². The molecule has 0 unspecified atom stereocenters. The van der Waals surface area contributed by atoms with E-state index in [1.54, 1.807) is 0 Å². The molecule has 0 heterocycles. The SMILES string of the molecule is Oc1cc(C(O)(O)O)cc(O)c1O. The van der Waals surface area contributed by atoms with Crippen molar-refractivity contribution < 1.29 is 30.6 Å². The lowest BCUT2D eigenvalue weighted by atomic mass is 10.1. The number of benzene rings is 1. The lowest BCUT2D eigenvalue weighted by Crippen LogP contribution is -2.23. The van der Waals surface area contributed by atoms with Crippen molar-refractivity contribution in [2.75, 3.05) is 0 Å². The summed E-state index contributed by atoms with van der Waals surface area (Å²) in [6.45, 7) is 0. The summed E-state index contributed by atoms with van der Waals surface area (Å²) in [5, 5.41) is 52.6. The molecule has 6 nitrogen and oxygen atoms in total. The van der Waals surface area contributed by atoms with Crippen molar-refractivity contribution >= 4 is 0 Å². The molecular formula is C7H8O6. The smallest absolute Gasteiger partial charge is 0.304 e. The first-order valence-electron chi connectivity index (χ1n) is 3.25. The van der Waals surface area contributed by atoms with Crippen LogP contribution in [-0.2, 0) is 5.97 Å². The fourth-order valence-corrected chi connectivity index (χ4v) is 0.798. The lowest BCUT2D eigenvalue weighted by molar-refractivity contribution is -0.323. The number of aromatic hydroxyl groups is 3. The molecule has 1 aromatic carbocycles. The Morgan fingerprint density at radius 1 is 0.846 bits per heavy atom. The molecule has 0 aliphatic rings. The van der Waals surface area contributed by atoms with Crippen molar-refractivity contribution in [1.29, 1.82) is 0 Å². The molecule has 0 aliphatic carbocycles. The summed E-state index contributed by atoms with van der Waals surface area (Å²) in [6.07, 6.45) is 0. The fourth-order valence-electron chi connectivity index (χ4n) is 0.798. The molecule has 1 rings (SSSR count). The van der Waals surface area contributed by atoms with E-state index in [9.17, 15) is 0 Å². The van der Waals surface area contributed by atoms with Crippen molar-refractivity contribution in [3.8, 4) is 17.2 Å². The Labute approximate surface area is 72.6 Å². The van der Waals surface area contributed by atoms with Gasteiger partial charge in [0.2, 0.25) is 0 Å². The molecule has 0 atom stereocenters. The van der Waals surface area contributed by atoms with Gasteiger partial charge in [0.1, 0.15) is 0 Å². The van der Waals surface area contributed by atoms with E-state index >= 15 is 0 Å². The molecule has 0 bridgehead atoms. The van der Waals surface area contributed by atoms with E-state index in [1.807, 2.05) is 0 Å². The van der Waals surface area contributed by atoms with Crippen LogP contribution in [-0.4, -0.2) is 30.6 Å². The van der Waals surface area contributed by atoms with E-state index in [0.29, 0.717) is 12.1 Å². The molecule has 6 heteroatoms. The zero-order valence-corrected chi connectivity index (χ0v) is 6.34. The Morgan fingerprint density at radius 2 is 1.23 bits per heavy atom. The summed E-state index contributed by atoms with van der Waals surface area (Å²) in [4.78, 5) is 0. The lowest BCUT2D eigenvalue weighted by Gasteiger charge is -2.15. The Kier molecular flexibility index (Phi) is 2.04. The highest BCUT2D eigenvalue weighted by molar-refractivity contribution is 5.51. The molecule has 1 aromatic rings. The zero-order valence-electron chi connectivity index (χ0n) is 6.34. The van der Waals surface area contributed by atoms with Crippen LogP contribution in [0.25, 0.3) is 0 Å². The van der Waals surface area contributed by atoms with Crippen molar-refractivity contribution in [2.24, 2.45) is 0 Å². The van der Waals surface area contributed by atoms with Crippen molar-refractivity contribution in [3.05, 3.63) is 17.7 Å². The number of phenols is 3. The van der Waals surface area contributed by atoms with Gasteiger partial charge in [-0.25, -0.2) is 0 Å². The summed E-state index contributed by atoms with van der Waals surface area (Å²) in [6, 6.07) is 1.41. The minimum Gasteiger partial charge on any atom is -0.504 e. The summed E-state index contributed by atoms with van der Waals surface area (Å²) in [5.74, 6) is -5.50. The standard InChI is InChI=1S/C7H8O6/c8-4-1-3(7(11,12)13)2-5(9)6(4)10/h1-2,8-13H. The van der Waals surface area contributed by atoms with Gasteiger partial charge in [-0.3, -0.25) is 0 Å². The second kappa shape index (κ2) is 2.77. The van der Waals surface area contributed by atoms with Gasteiger partial charge in [-0.15, -0.1) is 0 Å². The van der Waals surface area contributed by atoms with Crippen LogP contribution in [0.3, 0.4) is 0 Å². The molecule has 0 spiro atoms. The normalized spacial score (nSPS) is 11.6. The van der Waals surface area contributed by atoms with Gasteiger partial charge in [-0.05, 0) is 12.1 Å². The molecule has 72 valence electrons. The largest absolute Gasteiger partial charge is 0.504 e. The second-order valence-corrected chi connectivity index (χ2v) is 2.50. The quantitative estimate of drug-likeness (QED) is 0.245. The van der Waals surface area contributed by atoms with Crippen LogP contribution < -0.4 is 0 Å². The predicted octanol–water partition coefficient (Wildman–Crippen LogP) is -1.11. The summed E-state index contributed by atoms with van der Waals surface area (Å²) >= 11 is 0. The van der Waals surface area contributed by atoms with Gasteiger partial charge < -0.3 is 30.6 Å². The van der Waals surface area contributed by atoms with Crippen LogP contribution in [0.15, 0.2) is 12.1 Å². The molecule has 0 fully saturated rings. The molecule has 0 radical (unpaired) electrons. The number of aliphatic hydroxyl groups is 3. The summed E-state index contributed by atoms with van der Waals surface area (Å²) in [7, 11) is 0. The molecule has 0 amide bonds. The Morgan fingerprint density at radius 3 is 1.54 bits per heavy atom. The van der Waals surface area contributed by atoms with Crippen molar-refractivity contribution in [1.82, 2.24) is 0 Å². The van der Waals surface area contributed by atoms with Gasteiger partial charge in [0.15, 0.2) is 17.2 Å². The third kappa shape index (κ3) is 1.81. The minimum absolute atomic E-state index is 0.555. The van der Waals surface area contributed by atoms with E-state index in [4.69, 9.17) is 30.6 Å². The Balaban J connectivity index is 3.29. The molecule has 0 saturated carbocycles. The second-order valence-electron chi connectivity index (χ2n) is 2.50. The molecule has 0 saturated heterocycles. The topological polar surface area (TPSA) is 121 Å². The minimum atomic E-state index is -3.16. The predicted molar refractivity (Wildman–Crippen MR) is 39.8 cm³/mol. The van der Waals surface area contributed by atoms with Crippen molar-refractivity contribution in [3.63, 3.8) is 0 Å². The summed E-state index contributed by atoms with van der Waals surface area (Å²) < 4.78 is 0. The Hall–Kier alpha value is -1.50. The van der Waals surface area contributed by atoms with E-state index in [0.717, 1.165) is 0 Å². The van der Waals surface area contributed by atoms with Crippen LogP contribution in [0.1, 0.15) is 5.56 Å². The third-order valence-electron chi connectivity index (χ3n) is 1.46. The van der Waals surface area contributed by atoms with Gasteiger partial charge in [-0.1, -0.05) is 0 Å². The molecule has 13 heavy (non-hydrogen) atoms. The van der Waals surface area contributed by atoms with Gasteiger partial charge in [0.25, 0.3) is 0 Å². The third-order valence-corrected chi connectivity index (χ3v) is 1.46. The average molecular weight is 188 g/mol. The van der Waals surface area contributed by atoms with Crippen LogP contribution in [0.5, 0.6) is 17.2 Å². The van der Waals surface area contributed by atoms with E-state index < -0.39 is 28.8 Å². The van der Waals surface area contributed by atoms with Gasteiger partial charge in [0, 0.05) is 5.56 Å². The monoisotopic (exact) mass is 188 g/mol. The maximum atomic E-state index is 8.90. The van der Waals surface area contributed by atoms with Crippen LogP contribution in [0.4, 0.5) is 0 Å². The van der Waals surface area contributed by atoms with Crippen LogP contribution in [0, 0.1) is 0 Å². The van der Waals surface area contributed by atoms with E-state index in [1.165, 1.54) is 0 Å². The molecule has 0 aromatic heterocycles. The number of rotatable bonds is 1. The first-order valence-corrected chi connectivity index (χ1v) is 3.25. The van der Waals surface area contributed by atoms with Gasteiger partial charge >= 0.3 is 5.97 Å². The highest BCUT2D eigenvalue weighted by Crippen LogP contribution is 2.37. The first-order chi connectivity index (χ1) is 5.82. The van der Waals surface area contributed by atoms with Crippen LogP contribution >= 0.6 is 0 Å². The van der Waals surface area contributed by atoms with Gasteiger partial charge in [-0.2, -0.15) is 0 Å². The van der Waals surface area contributed by atoms with Crippen LogP contribution in [0.2, 0.25) is 0 Å². The highest BCUT2D eigenvalue weighted by atomic mass is 16.7. The van der Waals surface area contributed by atoms with Crippen molar-refractivity contribution in [2.45, 2.75) is 5.97 Å². The first kappa shape index (κ1) is 9.59. The van der Waals surface area contributed by atoms with Gasteiger partial charge in [0.05, 0.1) is 0 Å². The zero-order chi connectivity index (χ0) is 10.2. The highest BCUT2D eigenvalue weighted by Gasteiger charge is 2.24. The molecule has 6 N–H and O–H groups in total. The molecule has 0 aliphatic heterocycles. The maximum Gasteiger partial charge on any atom is 0.304 e. The number of hydrogen-bond donors (Lipinski definition) is 6. The molecular weight excluding hydrogens is 180 g/mol. The number of phenolic OH excluding ortho intramolecular Hbond substituents is 3. The fraction of sp³-hybridized carbons (Fsp3) is 0.143. The Bertz CT molecular complexity index is 303. The maximum absolute atomic E-state index is 8.90. The number of hydrogen-bond acceptors (Lipinski definition) is 6. The summed E-state index contributed by atoms with van der Waals surface area (Å²) in [5.41, 5.74) is -0.555. The average Bonchev–Trinajstić information content (AvgIpc) is 1.97. The van der Waals surface area contributed by atoms with E-state index in [2.05, 4.69) is 0 Å².